The molecule has 0 spiro atoms. The van der Waals surface area contributed by atoms with Crippen LogP contribution in [0.5, 0.6) is 0 Å². The van der Waals surface area contributed by atoms with Gasteiger partial charge in [0.05, 0.1) is 0 Å². The number of hydrogen-bond donors (Lipinski definition) is 3. The molecule has 272 valence electrons. The average Bonchev–Trinajstić information content (AvgIpc) is 3.02. The van der Waals surface area contributed by atoms with Crippen LogP contribution in [-0.2, 0) is 9.59 Å². The summed E-state index contributed by atoms with van der Waals surface area (Å²) in [4.78, 5) is 21.1. The highest BCUT2D eigenvalue weighted by Crippen LogP contribution is 2.15. The normalized spacial score (nSPS) is 10.6. The third kappa shape index (κ3) is 58.9. The molecule has 0 radical (unpaired) electrons. The summed E-state index contributed by atoms with van der Waals surface area (Å²) in [6.45, 7) is 10.9. The zero-order valence-corrected chi connectivity index (χ0v) is 31.5. The highest BCUT2D eigenvalue weighted by Gasteiger charge is 1.97. The third-order valence-electron chi connectivity index (χ3n) is 8.55. The van der Waals surface area contributed by atoms with Gasteiger partial charge in [0.15, 0.2) is 0 Å². The SMILES string of the molecule is CCCCCCCCCCCCCCCCCC(N)=O.CCCCCCCCCCCCCCCCCC(N)=O.CCNCC. The minimum Gasteiger partial charge on any atom is -0.370 e. The molecule has 0 saturated heterocycles. The van der Waals surface area contributed by atoms with Crippen molar-refractivity contribution in [1.82, 2.24) is 5.32 Å². The Labute approximate surface area is 284 Å². The van der Waals surface area contributed by atoms with E-state index >= 15 is 0 Å². The highest BCUT2D eigenvalue weighted by atomic mass is 16.1. The zero-order valence-electron chi connectivity index (χ0n) is 31.5. The number of rotatable bonds is 34. The van der Waals surface area contributed by atoms with Crippen molar-refractivity contribution < 1.29 is 9.59 Å². The fourth-order valence-electron chi connectivity index (χ4n) is 5.59. The molecule has 5 nitrogen and oxygen atoms in total. The van der Waals surface area contributed by atoms with E-state index in [9.17, 15) is 9.59 Å². The number of primary amides is 2. The molecule has 45 heavy (non-hydrogen) atoms. The summed E-state index contributed by atoms with van der Waals surface area (Å²) in [6, 6.07) is 0. The van der Waals surface area contributed by atoms with Gasteiger partial charge in [0.2, 0.25) is 11.8 Å². The third-order valence-corrected chi connectivity index (χ3v) is 8.55. The first kappa shape index (κ1) is 48.3. The molecular formula is C40H85N3O2. The van der Waals surface area contributed by atoms with E-state index in [1.165, 1.54) is 180 Å². The lowest BCUT2D eigenvalue weighted by Gasteiger charge is -2.03. The summed E-state index contributed by atoms with van der Waals surface area (Å²) in [5.74, 6) is -0.306. The maximum atomic E-state index is 10.6. The Morgan fingerprint density at radius 3 is 0.644 bits per heavy atom. The number of amides is 2. The quantitative estimate of drug-likeness (QED) is 0.0611. The Kier molecular flexibility index (Phi) is 50.8. The van der Waals surface area contributed by atoms with Crippen molar-refractivity contribution in [3.63, 3.8) is 0 Å². The van der Waals surface area contributed by atoms with Gasteiger partial charge in [0.25, 0.3) is 0 Å². The molecule has 0 saturated carbocycles. The Balaban J connectivity index is -0.000000680. The van der Waals surface area contributed by atoms with E-state index in [0.717, 1.165) is 25.9 Å². The fourth-order valence-corrected chi connectivity index (χ4v) is 5.59. The van der Waals surface area contributed by atoms with Crippen LogP contribution in [0.1, 0.15) is 233 Å². The Bertz CT molecular complexity index is 496. The van der Waals surface area contributed by atoms with Crippen LogP contribution in [0.3, 0.4) is 0 Å². The zero-order chi connectivity index (χ0) is 33.9. The minimum absolute atomic E-state index is 0.153. The average molecular weight is 640 g/mol. The van der Waals surface area contributed by atoms with Crippen LogP contribution in [0.4, 0.5) is 0 Å². The number of hydrogen-bond acceptors (Lipinski definition) is 3. The number of carbonyl (C=O) groups excluding carboxylic acids is 2. The van der Waals surface area contributed by atoms with Crippen LogP contribution >= 0.6 is 0 Å². The molecule has 0 atom stereocenters. The molecule has 2 amide bonds. The maximum Gasteiger partial charge on any atom is 0.217 e. The largest absolute Gasteiger partial charge is 0.370 e. The van der Waals surface area contributed by atoms with Gasteiger partial charge in [-0.1, -0.05) is 207 Å². The summed E-state index contributed by atoms with van der Waals surface area (Å²) < 4.78 is 0. The van der Waals surface area contributed by atoms with Crippen molar-refractivity contribution in [2.24, 2.45) is 11.5 Å². The van der Waals surface area contributed by atoms with E-state index in [0.29, 0.717) is 12.8 Å². The molecule has 0 aromatic heterocycles. The molecule has 5 heteroatoms. The van der Waals surface area contributed by atoms with Gasteiger partial charge in [-0.05, 0) is 25.9 Å². The van der Waals surface area contributed by atoms with Gasteiger partial charge in [-0.25, -0.2) is 0 Å². The maximum absolute atomic E-state index is 10.6. The van der Waals surface area contributed by atoms with Crippen molar-refractivity contribution in [1.29, 1.82) is 0 Å². The smallest absolute Gasteiger partial charge is 0.217 e. The summed E-state index contributed by atoms with van der Waals surface area (Å²) in [7, 11) is 0. The van der Waals surface area contributed by atoms with Gasteiger partial charge in [0, 0.05) is 12.8 Å². The molecule has 0 aromatic carbocycles. The number of nitrogens with two attached hydrogens (primary N) is 2. The number of unbranched alkanes of at least 4 members (excludes halogenated alkanes) is 28. The molecule has 0 aliphatic carbocycles. The van der Waals surface area contributed by atoms with Crippen LogP contribution in [0, 0.1) is 0 Å². The van der Waals surface area contributed by atoms with E-state index in [2.05, 4.69) is 33.0 Å². The van der Waals surface area contributed by atoms with E-state index in [1.807, 2.05) is 0 Å². The van der Waals surface area contributed by atoms with Crippen molar-refractivity contribution in [3.05, 3.63) is 0 Å². The molecule has 0 heterocycles. The van der Waals surface area contributed by atoms with Gasteiger partial charge in [0.1, 0.15) is 0 Å². The topological polar surface area (TPSA) is 98.2 Å². The molecule has 0 aromatic rings. The standard InChI is InChI=1S/2C18H37NO.C4H11N/c2*1-2-3-4-5-6-7-8-9-10-11-12-13-14-15-16-17-18(19)20;1-3-5-4-2/h2*2-17H2,1H3,(H2,19,20);5H,3-4H2,1-2H3. The first-order valence-electron chi connectivity index (χ1n) is 20.2. The van der Waals surface area contributed by atoms with Crippen molar-refractivity contribution in [2.45, 2.75) is 233 Å². The lowest BCUT2D eigenvalue weighted by atomic mass is 10.0. The lowest BCUT2D eigenvalue weighted by Crippen LogP contribution is -2.09. The van der Waals surface area contributed by atoms with Crippen molar-refractivity contribution in [2.75, 3.05) is 13.1 Å². The second-order valence-corrected chi connectivity index (χ2v) is 13.3. The van der Waals surface area contributed by atoms with Crippen LogP contribution in [0.2, 0.25) is 0 Å². The molecule has 0 fully saturated rings. The fraction of sp³-hybridized carbons (Fsp3) is 0.950. The highest BCUT2D eigenvalue weighted by molar-refractivity contribution is 5.73. The predicted molar refractivity (Wildman–Crippen MR) is 202 cm³/mol. The summed E-state index contributed by atoms with van der Waals surface area (Å²) in [5, 5.41) is 3.11. The number of carbonyl (C=O) groups is 2. The second-order valence-electron chi connectivity index (χ2n) is 13.3. The molecule has 0 rings (SSSR count). The van der Waals surface area contributed by atoms with Crippen LogP contribution in [0.25, 0.3) is 0 Å². The number of nitrogens with one attached hydrogen (secondary N) is 1. The van der Waals surface area contributed by atoms with Gasteiger partial charge in [-0.2, -0.15) is 0 Å². The molecule has 0 unspecified atom stereocenters. The van der Waals surface area contributed by atoms with Gasteiger partial charge in [-0.15, -0.1) is 0 Å². The van der Waals surface area contributed by atoms with Gasteiger partial charge >= 0.3 is 0 Å². The van der Waals surface area contributed by atoms with E-state index < -0.39 is 0 Å². The summed E-state index contributed by atoms with van der Waals surface area (Å²) in [5.41, 5.74) is 10.2. The summed E-state index contributed by atoms with van der Waals surface area (Å²) in [6.07, 6.45) is 41.8. The first-order valence-corrected chi connectivity index (χ1v) is 20.2. The first-order chi connectivity index (χ1) is 22.0. The van der Waals surface area contributed by atoms with E-state index in [4.69, 9.17) is 11.5 Å². The molecule has 0 aliphatic heterocycles. The predicted octanol–water partition coefficient (Wildman–Crippen LogP) is 12.1. The second kappa shape index (κ2) is 47.3. The van der Waals surface area contributed by atoms with Crippen LogP contribution in [-0.4, -0.2) is 24.9 Å². The lowest BCUT2D eigenvalue weighted by molar-refractivity contribution is -0.119. The van der Waals surface area contributed by atoms with Gasteiger partial charge in [-0.3, -0.25) is 9.59 Å². The Morgan fingerprint density at radius 1 is 0.333 bits per heavy atom. The molecule has 0 aliphatic rings. The van der Waals surface area contributed by atoms with Crippen LogP contribution < -0.4 is 16.8 Å². The van der Waals surface area contributed by atoms with E-state index in [-0.39, 0.29) is 11.8 Å². The Morgan fingerprint density at radius 2 is 0.511 bits per heavy atom. The Hall–Kier alpha value is -1.10. The summed E-state index contributed by atoms with van der Waals surface area (Å²) >= 11 is 0. The van der Waals surface area contributed by atoms with Crippen molar-refractivity contribution in [3.8, 4) is 0 Å². The van der Waals surface area contributed by atoms with Gasteiger partial charge < -0.3 is 16.8 Å². The molecular weight excluding hydrogens is 554 g/mol. The van der Waals surface area contributed by atoms with E-state index in [1.54, 1.807) is 0 Å². The molecule has 5 N–H and O–H groups in total. The van der Waals surface area contributed by atoms with Crippen molar-refractivity contribution >= 4 is 11.8 Å². The minimum atomic E-state index is -0.153. The van der Waals surface area contributed by atoms with Crippen LogP contribution in [0.15, 0.2) is 0 Å². The molecule has 0 bridgehead atoms. The monoisotopic (exact) mass is 640 g/mol.